The number of carbonyl (C=O) groups excluding carboxylic acids is 1. The van der Waals surface area contributed by atoms with Gasteiger partial charge in [0.2, 0.25) is 0 Å². The minimum absolute atomic E-state index is 0.164. The van der Waals surface area contributed by atoms with Crippen LogP contribution in [-0.2, 0) is 0 Å². The molecule has 8 heteroatoms. The van der Waals surface area contributed by atoms with Gasteiger partial charge in [-0.3, -0.25) is 9.89 Å². The number of hydrogen-bond donors (Lipinski definition) is 2. The maximum absolute atomic E-state index is 13.4. The monoisotopic (exact) mass is 466 g/mol. The van der Waals surface area contributed by atoms with Gasteiger partial charge in [0.25, 0.3) is 5.91 Å². The Kier molecular flexibility index (Phi) is 4.95. The number of aromatic nitrogens is 5. The zero-order chi connectivity index (χ0) is 23.2. The van der Waals surface area contributed by atoms with E-state index in [-0.39, 0.29) is 5.91 Å². The van der Waals surface area contributed by atoms with Crippen molar-refractivity contribution in [1.29, 1.82) is 0 Å². The number of hydrogen-bond acceptors (Lipinski definition) is 6. The molecule has 3 heterocycles. The van der Waals surface area contributed by atoms with E-state index in [1.54, 1.807) is 0 Å². The second-order valence-electron chi connectivity index (χ2n) is 8.55. The lowest BCUT2D eigenvalue weighted by atomic mass is 10.1. The van der Waals surface area contributed by atoms with Crippen molar-refractivity contribution in [3.63, 3.8) is 0 Å². The number of anilines is 1. The van der Waals surface area contributed by atoms with Gasteiger partial charge in [-0.1, -0.05) is 42.5 Å². The topological polar surface area (TPSA) is 96.5 Å². The van der Waals surface area contributed by atoms with Gasteiger partial charge in [-0.15, -0.1) is 11.3 Å². The van der Waals surface area contributed by atoms with Crippen molar-refractivity contribution >= 4 is 33.1 Å². The zero-order valence-electron chi connectivity index (χ0n) is 18.8. The summed E-state index contributed by atoms with van der Waals surface area (Å²) in [5, 5.41) is 11.4. The van der Waals surface area contributed by atoms with Crippen molar-refractivity contribution in [2.24, 2.45) is 0 Å². The molecule has 1 saturated carbocycles. The number of aryl methyl sites for hydroxylation is 2. The third-order valence-corrected chi connectivity index (χ3v) is 7.27. The summed E-state index contributed by atoms with van der Waals surface area (Å²) in [6.45, 7) is 3.97. The van der Waals surface area contributed by atoms with Crippen molar-refractivity contribution in [1.82, 2.24) is 25.1 Å². The molecule has 34 heavy (non-hydrogen) atoms. The molecule has 1 aliphatic rings. The fraction of sp³-hybridized carbons (Fsp3) is 0.192. The molecule has 2 aromatic carbocycles. The smallest absolute Gasteiger partial charge is 0.266 e. The van der Waals surface area contributed by atoms with Gasteiger partial charge in [0.1, 0.15) is 10.7 Å². The standard InChI is InChI=1S/C26H22N6OS/c1-14-20-15(2)27-22(17-12-13-17)30-26(20)34-21(14)25(33)28-19-11-7-6-10-18(19)24-29-23(31-32-24)16-8-4-3-5-9-16/h3-11,17H,12-13H2,1-2H3,(H,28,33)(H,29,31,32). The van der Waals surface area contributed by atoms with Gasteiger partial charge >= 0.3 is 0 Å². The largest absolute Gasteiger partial charge is 0.321 e. The van der Waals surface area contributed by atoms with Crippen LogP contribution in [0.2, 0.25) is 0 Å². The molecule has 5 aromatic rings. The van der Waals surface area contributed by atoms with Crippen LogP contribution in [0.25, 0.3) is 33.0 Å². The minimum atomic E-state index is -0.164. The van der Waals surface area contributed by atoms with Gasteiger partial charge in [-0.25, -0.2) is 15.0 Å². The number of amides is 1. The average molecular weight is 467 g/mol. The molecule has 1 fully saturated rings. The van der Waals surface area contributed by atoms with Crippen LogP contribution in [0.3, 0.4) is 0 Å². The fourth-order valence-corrected chi connectivity index (χ4v) is 5.31. The highest BCUT2D eigenvalue weighted by Crippen LogP contribution is 2.40. The Labute approximate surface area is 200 Å². The van der Waals surface area contributed by atoms with Crippen LogP contribution in [0.1, 0.15) is 45.5 Å². The Balaban J connectivity index is 1.33. The Morgan fingerprint density at radius 3 is 2.56 bits per heavy atom. The highest BCUT2D eigenvalue weighted by Gasteiger charge is 2.28. The number of aromatic amines is 1. The summed E-state index contributed by atoms with van der Waals surface area (Å²) in [4.78, 5) is 29.0. The number of nitrogens with one attached hydrogen (secondary N) is 2. The van der Waals surface area contributed by atoms with Crippen molar-refractivity contribution in [3.05, 3.63) is 76.6 Å². The summed E-state index contributed by atoms with van der Waals surface area (Å²) in [6, 6.07) is 17.4. The summed E-state index contributed by atoms with van der Waals surface area (Å²) in [6.07, 6.45) is 2.29. The summed E-state index contributed by atoms with van der Waals surface area (Å²) < 4.78 is 0. The molecule has 0 saturated heterocycles. The number of nitrogens with zero attached hydrogens (tertiary/aromatic N) is 4. The molecule has 7 nitrogen and oxygen atoms in total. The maximum atomic E-state index is 13.4. The molecular formula is C26H22N6OS. The van der Waals surface area contributed by atoms with Crippen LogP contribution in [0, 0.1) is 13.8 Å². The van der Waals surface area contributed by atoms with Gasteiger partial charge in [0.05, 0.1) is 16.3 Å². The minimum Gasteiger partial charge on any atom is -0.321 e. The van der Waals surface area contributed by atoms with Crippen LogP contribution < -0.4 is 5.32 Å². The second-order valence-corrected chi connectivity index (χ2v) is 9.55. The van der Waals surface area contributed by atoms with Crippen LogP contribution in [0.15, 0.2) is 54.6 Å². The maximum Gasteiger partial charge on any atom is 0.266 e. The predicted octanol–water partition coefficient (Wildman–Crippen LogP) is 5.89. The van der Waals surface area contributed by atoms with E-state index in [2.05, 4.69) is 20.5 Å². The van der Waals surface area contributed by atoms with Gasteiger partial charge in [-0.05, 0) is 44.4 Å². The molecule has 3 aromatic heterocycles. The summed E-state index contributed by atoms with van der Waals surface area (Å²) in [5.41, 5.74) is 4.23. The molecule has 0 bridgehead atoms. The third-order valence-electron chi connectivity index (χ3n) is 6.08. The first-order valence-electron chi connectivity index (χ1n) is 11.2. The molecule has 168 valence electrons. The molecule has 0 spiro atoms. The first-order chi connectivity index (χ1) is 16.6. The number of H-pyrrole nitrogens is 1. The molecule has 6 rings (SSSR count). The molecule has 0 aliphatic heterocycles. The van der Waals surface area contributed by atoms with E-state index in [1.807, 2.05) is 68.4 Å². The number of rotatable bonds is 5. The van der Waals surface area contributed by atoms with Crippen molar-refractivity contribution in [2.75, 3.05) is 5.32 Å². The molecule has 0 atom stereocenters. The number of thiophene rings is 1. The molecule has 1 aliphatic carbocycles. The van der Waals surface area contributed by atoms with Gasteiger partial charge in [0, 0.05) is 22.4 Å². The van der Waals surface area contributed by atoms with Crippen LogP contribution in [0.5, 0.6) is 0 Å². The Hall–Kier alpha value is -3.91. The van der Waals surface area contributed by atoms with Gasteiger partial charge < -0.3 is 5.32 Å². The fourth-order valence-electron chi connectivity index (χ4n) is 4.18. The number of fused-ring (bicyclic) bond motifs is 1. The lowest BCUT2D eigenvalue weighted by Gasteiger charge is -2.09. The normalized spacial score (nSPS) is 13.4. The number of benzene rings is 2. The molecule has 0 radical (unpaired) electrons. The van der Waals surface area contributed by atoms with E-state index in [0.29, 0.717) is 28.1 Å². The van der Waals surface area contributed by atoms with Crippen LogP contribution in [0.4, 0.5) is 5.69 Å². The van der Waals surface area contributed by atoms with Crippen molar-refractivity contribution in [2.45, 2.75) is 32.6 Å². The quantitative estimate of drug-likeness (QED) is 0.337. The lowest BCUT2D eigenvalue weighted by Crippen LogP contribution is -2.12. The number of carbonyl (C=O) groups is 1. The highest BCUT2D eigenvalue weighted by molar-refractivity contribution is 7.20. The summed E-state index contributed by atoms with van der Waals surface area (Å²) >= 11 is 1.43. The van der Waals surface area contributed by atoms with Crippen molar-refractivity contribution in [3.8, 4) is 22.8 Å². The first kappa shape index (κ1) is 20.7. The Morgan fingerprint density at radius 1 is 1.00 bits per heavy atom. The van der Waals surface area contributed by atoms with E-state index in [0.717, 1.165) is 51.3 Å². The molecule has 1 amide bonds. The van der Waals surface area contributed by atoms with Gasteiger partial charge in [0.15, 0.2) is 11.6 Å². The Bertz CT molecular complexity index is 1530. The van der Waals surface area contributed by atoms with E-state index in [1.165, 1.54) is 11.3 Å². The third kappa shape index (κ3) is 3.66. The van der Waals surface area contributed by atoms with E-state index < -0.39 is 0 Å². The van der Waals surface area contributed by atoms with E-state index in [4.69, 9.17) is 9.97 Å². The zero-order valence-corrected chi connectivity index (χ0v) is 19.6. The Morgan fingerprint density at radius 2 is 1.76 bits per heavy atom. The molecular weight excluding hydrogens is 444 g/mol. The molecule has 2 N–H and O–H groups in total. The highest BCUT2D eigenvalue weighted by atomic mass is 32.1. The number of para-hydroxylation sites is 1. The van der Waals surface area contributed by atoms with Crippen LogP contribution in [-0.4, -0.2) is 31.1 Å². The SMILES string of the molecule is Cc1nc(C2CC2)nc2sc(C(=O)Nc3ccccc3-c3nc(-c4ccccc4)n[nH]3)c(C)c12. The predicted molar refractivity (Wildman–Crippen MR) is 134 cm³/mol. The van der Waals surface area contributed by atoms with E-state index in [9.17, 15) is 4.79 Å². The van der Waals surface area contributed by atoms with E-state index >= 15 is 0 Å². The molecule has 0 unspecified atom stereocenters. The average Bonchev–Trinajstić information content (AvgIpc) is 3.49. The lowest BCUT2D eigenvalue weighted by molar-refractivity contribution is 0.103. The van der Waals surface area contributed by atoms with Crippen LogP contribution >= 0.6 is 11.3 Å². The van der Waals surface area contributed by atoms with Crippen molar-refractivity contribution < 1.29 is 4.79 Å². The summed E-state index contributed by atoms with van der Waals surface area (Å²) in [5.74, 6) is 2.42. The summed E-state index contributed by atoms with van der Waals surface area (Å²) in [7, 11) is 0. The van der Waals surface area contributed by atoms with Gasteiger partial charge in [-0.2, -0.15) is 5.10 Å². The first-order valence-corrected chi connectivity index (χ1v) is 12.1. The second kappa shape index (κ2) is 8.14.